The topological polar surface area (TPSA) is 105 Å². The minimum absolute atomic E-state index is 0.0528. The molecular weight excluding hydrogens is 984 g/mol. The molecule has 0 rings (SSSR count). The third-order valence-electron chi connectivity index (χ3n) is 14.9. The van der Waals surface area contributed by atoms with Crippen molar-refractivity contribution in [1.82, 2.24) is 5.32 Å². The average molecular weight is 1110 g/mol. The van der Waals surface area contributed by atoms with Crippen LogP contribution in [0.3, 0.4) is 0 Å². The Balaban J connectivity index is 4.08. The van der Waals surface area contributed by atoms with Crippen molar-refractivity contribution < 1.29 is 32.9 Å². The summed E-state index contributed by atoms with van der Waals surface area (Å²) in [5.74, 6) is -0.188. The zero-order valence-electron chi connectivity index (χ0n) is 52.2. The summed E-state index contributed by atoms with van der Waals surface area (Å²) in [4.78, 5) is 23.4. The number of carbonyl (C=O) groups excluding carboxylic acids is 1. The number of carbonyl (C=O) groups is 1. The SMILES string of the molecule is CCCCCCC/C=C\C/C=C\C/C=C\CCCCCCCCCCCCCCCCCCCCCCC(=O)NC(COP(=O)(O)OCC[N+](C)(C)C)C(O)/C=C/CC/C=C/CC/C=C/CCCCCCCCCCCCC. The van der Waals surface area contributed by atoms with Crippen LogP contribution in [0.5, 0.6) is 0 Å². The second-order valence-electron chi connectivity index (χ2n) is 23.8. The molecule has 0 aliphatic rings. The number of amides is 1. The van der Waals surface area contributed by atoms with Gasteiger partial charge >= 0.3 is 7.82 Å². The number of hydrogen-bond acceptors (Lipinski definition) is 5. The third kappa shape index (κ3) is 61.6. The van der Waals surface area contributed by atoms with Crippen LogP contribution in [-0.2, 0) is 18.4 Å². The first-order valence-electron chi connectivity index (χ1n) is 33.3. The van der Waals surface area contributed by atoms with Crippen molar-refractivity contribution in [2.75, 3.05) is 40.9 Å². The van der Waals surface area contributed by atoms with Crippen molar-refractivity contribution >= 4 is 13.7 Å². The normalized spacial score (nSPS) is 14.2. The molecule has 456 valence electrons. The van der Waals surface area contributed by atoms with E-state index in [0.717, 1.165) is 57.8 Å². The molecule has 3 N–H and O–H groups in total. The number of aliphatic hydroxyl groups excluding tert-OH is 1. The van der Waals surface area contributed by atoms with Gasteiger partial charge in [0.15, 0.2) is 0 Å². The highest BCUT2D eigenvalue weighted by molar-refractivity contribution is 7.47. The number of unbranched alkanes of at least 4 members (excludes halogenated alkanes) is 38. The van der Waals surface area contributed by atoms with Gasteiger partial charge in [-0.25, -0.2) is 4.57 Å². The average Bonchev–Trinajstić information content (AvgIpc) is 3.41. The van der Waals surface area contributed by atoms with E-state index in [2.05, 4.69) is 79.9 Å². The maximum absolute atomic E-state index is 13.0. The van der Waals surface area contributed by atoms with Gasteiger partial charge in [-0.1, -0.05) is 292 Å². The summed E-state index contributed by atoms with van der Waals surface area (Å²) in [6, 6.07) is -0.872. The Labute approximate surface area is 484 Å². The minimum atomic E-state index is -4.36. The van der Waals surface area contributed by atoms with E-state index in [1.54, 1.807) is 6.08 Å². The maximum Gasteiger partial charge on any atom is 0.472 e. The molecule has 0 bridgehead atoms. The van der Waals surface area contributed by atoms with Gasteiger partial charge in [0.25, 0.3) is 0 Å². The predicted octanol–water partition coefficient (Wildman–Crippen LogP) is 21.0. The van der Waals surface area contributed by atoms with Crippen molar-refractivity contribution in [2.45, 2.75) is 321 Å². The van der Waals surface area contributed by atoms with Gasteiger partial charge in [0.1, 0.15) is 13.2 Å². The fourth-order valence-corrected chi connectivity index (χ4v) is 10.4. The number of hydrogen-bond donors (Lipinski definition) is 3. The van der Waals surface area contributed by atoms with Gasteiger partial charge in [-0.3, -0.25) is 13.8 Å². The molecular formula is C69H130N2O6P+. The van der Waals surface area contributed by atoms with Gasteiger partial charge in [0.05, 0.1) is 39.9 Å². The molecule has 3 atom stereocenters. The van der Waals surface area contributed by atoms with Gasteiger partial charge in [-0.15, -0.1) is 0 Å². The number of nitrogens with zero attached hydrogens (tertiary/aromatic N) is 1. The van der Waals surface area contributed by atoms with Crippen LogP contribution in [0.15, 0.2) is 72.9 Å². The molecule has 0 aromatic heterocycles. The molecule has 0 saturated heterocycles. The molecule has 0 aliphatic heterocycles. The van der Waals surface area contributed by atoms with Crippen LogP contribution in [0.2, 0.25) is 0 Å². The largest absolute Gasteiger partial charge is 0.472 e. The van der Waals surface area contributed by atoms with Crippen molar-refractivity contribution in [2.24, 2.45) is 0 Å². The van der Waals surface area contributed by atoms with Crippen LogP contribution in [0.4, 0.5) is 0 Å². The molecule has 0 spiro atoms. The number of quaternary nitrogens is 1. The molecule has 8 nitrogen and oxygen atoms in total. The highest BCUT2D eigenvalue weighted by Crippen LogP contribution is 2.43. The number of phosphoric acid groups is 1. The number of nitrogens with one attached hydrogen (secondary N) is 1. The second-order valence-corrected chi connectivity index (χ2v) is 25.3. The quantitative estimate of drug-likeness (QED) is 0.0243. The lowest BCUT2D eigenvalue weighted by molar-refractivity contribution is -0.870. The van der Waals surface area contributed by atoms with E-state index in [-0.39, 0.29) is 19.1 Å². The number of phosphoric ester groups is 1. The van der Waals surface area contributed by atoms with E-state index in [9.17, 15) is 19.4 Å². The molecule has 0 saturated carbocycles. The van der Waals surface area contributed by atoms with Crippen LogP contribution in [0.25, 0.3) is 0 Å². The molecule has 0 aromatic carbocycles. The number of aliphatic hydroxyl groups is 1. The van der Waals surface area contributed by atoms with Crippen LogP contribution < -0.4 is 5.32 Å². The Kier molecular flexibility index (Phi) is 58.0. The molecule has 9 heteroatoms. The lowest BCUT2D eigenvalue weighted by Gasteiger charge is -2.25. The third-order valence-corrected chi connectivity index (χ3v) is 15.9. The minimum Gasteiger partial charge on any atom is -0.387 e. The van der Waals surface area contributed by atoms with Crippen LogP contribution >= 0.6 is 7.82 Å². The Morgan fingerprint density at radius 1 is 0.436 bits per heavy atom. The molecule has 0 aromatic rings. The molecule has 0 radical (unpaired) electrons. The lowest BCUT2D eigenvalue weighted by atomic mass is 10.0. The zero-order chi connectivity index (χ0) is 57.0. The summed E-state index contributed by atoms with van der Waals surface area (Å²) in [6.45, 7) is 4.80. The number of allylic oxidation sites excluding steroid dienone is 11. The lowest BCUT2D eigenvalue weighted by Crippen LogP contribution is -2.45. The van der Waals surface area contributed by atoms with E-state index in [0.29, 0.717) is 17.4 Å². The summed E-state index contributed by atoms with van der Waals surface area (Å²) < 4.78 is 23.7. The Morgan fingerprint density at radius 2 is 0.744 bits per heavy atom. The molecule has 0 fully saturated rings. The summed E-state index contributed by atoms with van der Waals surface area (Å²) in [6.07, 6.45) is 83.3. The van der Waals surface area contributed by atoms with Gasteiger partial charge in [0, 0.05) is 6.42 Å². The van der Waals surface area contributed by atoms with E-state index in [1.165, 1.54) is 231 Å². The van der Waals surface area contributed by atoms with Crippen LogP contribution in [0, 0.1) is 0 Å². The summed E-state index contributed by atoms with van der Waals surface area (Å²) in [5, 5.41) is 13.9. The van der Waals surface area contributed by atoms with E-state index in [4.69, 9.17) is 9.05 Å². The van der Waals surface area contributed by atoms with Gasteiger partial charge in [-0.05, 0) is 83.5 Å². The molecule has 0 heterocycles. The van der Waals surface area contributed by atoms with Crippen molar-refractivity contribution in [3.63, 3.8) is 0 Å². The van der Waals surface area contributed by atoms with Crippen LogP contribution in [0.1, 0.15) is 309 Å². The van der Waals surface area contributed by atoms with Crippen LogP contribution in [-0.4, -0.2) is 73.4 Å². The predicted molar refractivity (Wildman–Crippen MR) is 341 cm³/mol. The highest BCUT2D eigenvalue weighted by atomic mass is 31.2. The van der Waals surface area contributed by atoms with E-state index >= 15 is 0 Å². The first-order chi connectivity index (χ1) is 38.0. The second kappa shape index (κ2) is 59.6. The van der Waals surface area contributed by atoms with Gasteiger partial charge in [-0.2, -0.15) is 0 Å². The van der Waals surface area contributed by atoms with Crippen molar-refractivity contribution in [3.8, 4) is 0 Å². The van der Waals surface area contributed by atoms with Gasteiger partial charge < -0.3 is 19.8 Å². The Morgan fingerprint density at radius 3 is 1.12 bits per heavy atom. The number of rotatable bonds is 61. The fraction of sp³-hybridized carbons (Fsp3) is 0.812. The Hall–Kier alpha value is -2.06. The summed E-state index contributed by atoms with van der Waals surface area (Å²) >= 11 is 0. The smallest absolute Gasteiger partial charge is 0.387 e. The fourth-order valence-electron chi connectivity index (χ4n) is 9.67. The zero-order valence-corrected chi connectivity index (χ0v) is 53.0. The monoisotopic (exact) mass is 1110 g/mol. The van der Waals surface area contributed by atoms with Crippen molar-refractivity contribution in [3.05, 3.63) is 72.9 Å². The maximum atomic E-state index is 13.0. The molecule has 1 amide bonds. The molecule has 3 unspecified atom stereocenters. The highest BCUT2D eigenvalue weighted by Gasteiger charge is 2.28. The Bertz CT molecular complexity index is 1500. The first-order valence-corrected chi connectivity index (χ1v) is 34.8. The molecule has 78 heavy (non-hydrogen) atoms. The molecule has 0 aliphatic carbocycles. The standard InChI is InChI=1S/C69H129N2O6P/c1-6-8-10-12-14-16-18-20-22-24-26-28-29-30-31-32-33-34-35-36-37-38-39-40-41-43-45-47-49-51-53-55-57-59-61-63-69(73)70-67(66-77-78(74,75)76-65-64-71(3,4)5)68(72)62-60-58-56-54-52-50-48-46-44-42-27-25-23-21-19-17-15-13-11-9-7-2/h18,20,24,26,29-30,44,46,52,54,60,62,67-68,72H,6-17,19,21-23,25,27-28,31-43,45,47-51,53,55-59,61,63-66H2,1-5H3,(H-,70,73,74,75)/p+1/b20-18-,26-24-,30-29-,46-44+,54-52+,62-60+. The van der Waals surface area contributed by atoms with Crippen molar-refractivity contribution in [1.29, 1.82) is 0 Å². The van der Waals surface area contributed by atoms with Gasteiger partial charge in [0.2, 0.25) is 5.91 Å². The summed E-state index contributed by atoms with van der Waals surface area (Å²) in [5.41, 5.74) is 0. The first kappa shape index (κ1) is 75.9. The summed E-state index contributed by atoms with van der Waals surface area (Å²) in [7, 11) is 1.55. The van der Waals surface area contributed by atoms with E-state index < -0.39 is 20.0 Å². The number of likely N-dealkylation sites (N-methyl/N-ethyl adjacent to an activating group) is 1. The van der Waals surface area contributed by atoms with E-state index in [1.807, 2.05) is 27.2 Å².